The number of aliphatic hydroxyl groups excluding tert-OH is 1. The monoisotopic (exact) mass is 304 g/mol. The van der Waals surface area contributed by atoms with Crippen LogP contribution in [0, 0.1) is 12.3 Å². The second kappa shape index (κ2) is 4.55. The molecule has 0 atom stereocenters. The summed E-state index contributed by atoms with van der Waals surface area (Å²) in [5, 5.41) is 9.81. The molecule has 1 fully saturated rings. The Morgan fingerprint density at radius 2 is 2.19 bits per heavy atom. The summed E-state index contributed by atoms with van der Waals surface area (Å²) in [4.78, 5) is 0. The van der Waals surface area contributed by atoms with Crippen molar-refractivity contribution < 1.29 is 9.84 Å². The van der Waals surface area contributed by atoms with Crippen molar-refractivity contribution in [2.24, 2.45) is 5.41 Å². The summed E-state index contributed by atoms with van der Waals surface area (Å²) in [6, 6.07) is 3.79. The van der Waals surface area contributed by atoms with Crippen molar-refractivity contribution in [3.8, 4) is 5.75 Å². The lowest BCUT2D eigenvalue weighted by Gasteiger charge is -2.16. The van der Waals surface area contributed by atoms with Crippen LogP contribution in [0.15, 0.2) is 16.6 Å². The molecule has 1 saturated carbocycles. The molecule has 2 nitrogen and oxygen atoms in total. The molecule has 2 rings (SSSR count). The van der Waals surface area contributed by atoms with Crippen LogP contribution < -0.4 is 4.74 Å². The van der Waals surface area contributed by atoms with Gasteiger partial charge in [0.15, 0.2) is 0 Å². The van der Waals surface area contributed by atoms with E-state index in [4.69, 9.17) is 16.3 Å². The third kappa shape index (κ3) is 2.53. The van der Waals surface area contributed by atoms with Crippen molar-refractivity contribution in [2.75, 3.05) is 13.2 Å². The Morgan fingerprint density at radius 1 is 1.50 bits per heavy atom. The molecule has 0 heterocycles. The minimum absolute atomic E-state index is 0.0111. The highest BCUT2D eigenvalue weighted by molar-refractivity contribution is 9.10. The molecule has 1 aromatic rings. The number of aryl methyl sites for hydroxylation is 1. The van der Waals surface area contributed by atoms with Crippen LogP contribution in [0.4, 0.5) is 0 Å². The maximum atomic E-state index is 9.20. The zero-order chi connectivity index (χ0) is 11.8. The molecule has 0 bridgehead atoms. The predicted molar refractivity (Wildman–Crippen MR) is 68.1 cm³/mol. The molecule has 1 N–H and O–H groups in total. The molecule has 16 heavy (non-hydrogen) atoms. The Bertz CT molecular complexity index is 379. The van der Waals surface area contributed by atoms with Crippen molar-refractivity contribution in [1.29, 1.82) is 0 Å². The minimum Gasteiger partial charge on any atom is -0.491 e. The molecule has 0 amide bonds. The van der Waals surface area contributed by atoms with E-state index in [0.717, 1.165) is 28.6 Å². The Balaban J connectivity index is 2.09. The van der Waals surface area contributed by atoms with Crippen LogP contribution in [0.2, 0.25) is 5.02 Å². The summed E-state index contributed by atoms with van der Waals surface area (Å²) >= 11 is 9.49. The van der Waals surface area contributed by atoms with Gasteiger partial charge in [-0.3, -0.25) is 0 Å². The van der Waals surface area contributed by atoms with Crippen molar-refractivity contribution in [1.82, 2.24) is 0 Å². The highest BCUT2D eigenvalue weighted by Gasteiger charge is 2.43. The lowest BCUT2D eigenvalue weighted by Crippen LogP contribution is -2.17. The van der Waals surface area contributed by atoms with E-state index in [2.05, 4.69) is 15.9 Å². The van der Waals surface area contributed by atoms with Gasteiger partial charge in [-0.05, 0) is 37.5 Å². The summed E-state index contributed by atoms with van der Waals surface area (Å²) in [5.74, 6) is 0.726. The smallest absolute Gasteiger partial charge is 0.140 e. The molecule has 0 saturated heterocycles. The van der Waals surface area contributed by atoms with Crippen LogP contribution in [0.3, 0.4) is 0 Å². The van der Waals surface area contributed by atoms with E-state index in [-0.39, 0.29) is 12.0 Å². The first-order valence-corrected chi connectivity index (χ1v) is 6.43. The average Bonchev–Trinajstić information content (AvgIpc) is 2.97. The second-order valence-corrected chi connectivity index (χ2v) is 5.80. The van der Waals surface area contributed by atoms with Crippen LogP contribution >= 0.6 is 27.5 Å². The van der Waals surface area contributed by atoms with Crippen molar-refractivity contribution in [3.63, 3.8) is 0 Å². The molecule has 0 unspecified atom stereocenters. The first kappa shape index (κ1) is 12.2. The van der Waals surface area contributed by atoms with Gasteiger partial charge in [-0.15, -0.1) is 0 Å². The molecule has 1 aliphatic carbocycles. The number of halogens is 2. The van der Waals surface area contributed by atoms with E-state index in [1.807, 2.05) is 19.1 Å². The third-order valence-electron chi connectivity index (χ3n) is 3.01. The summed E-state index contributed by atoms with van der Waals surface area (Å²) in [5.41, 5.74) is 0.996. The zero-order valence-corrected chi connectivity index (χ0v) is 11.4. The summed E-state index contributed by atoms with van der Waals surface area (Å²) in [6.45, 7) is 2.70. The normalized spacial score (nSPS) is 17.2. The first-order valence-electron chi connectivity index (χ1n) is 5.26. The van der Waals surface area contributed by atoms with Gasteiger partial charge in [0.25, 0.3) is 0 Å². The molecule has 0 spiro atoms. The highest BCUT2D eigenvalue weighted by atomic mass is 79.9. The summed E-state index contributed by atoms with van der Waals surface area (Å²) in [6.07, 6.45) is 2.08. The molecule has 0 aromatic heterocycles. The van der Waals surface area contributed by atoms with Crippen molar-refractivity contribution in [2.45, 2.75) is 19.8 Å². The SMILES string of the molecule is Cc1cc(Br)cc(Cl)c1OCC1(CO)CC1. The summed E-state index contributed by atoms with van der Waals surface area (Å²) < 4.78 is 6.68. The lowest BCUT2D eigenvalue weighted by atomic mass is 10.1. The van der Waals surface area contributed by atoms with Crippen LogP contribution in [0.1, 0.15) is 18.4 Å². The van der Waals surface area contributed by atoms with Gasteiger partial charge in [-0.25, -0.2) is 0 Å². The van der Waals surface area contributed by atoms with Gasteiger partial charge in [-0.2, -0.15) is 0 Å². The number of ether oxygens (including phenoxy) is 1. The van der Waals surface area contributed by atoms with E-state index in [9.17, 15) is 5.11 Å². The molecule has 4 heteroatoms. The van der Waals surface area contributed by atoms with E-state index < -0.39 is 0 Å². The van der Waals surface area contributed by atoms with Crippen molar-refractivity contribution in [3.05, 3.63) is 27.2 Å². The maximum Gasteiger partial charge on any atom is 0.140 e. The Morgan fingerprint density at radius 3 is 2.69 bits per heavy atom. The molecular formula is C12H14BrClO2. The van der Waals surface area contributed by atoms with E-state index >= 15 is 0 Å². The van der Waals surface area contributed by atoms with Gasteiger partial charge in [0.2, 0.25) is 0 Å². The topological polar surface area (TPSA) is 29.5 Å². The number of hydrogen-bond donors (Lipinski definition) is 1. The summed E-state index contributed by atoms with van der Waals surface area (Å²) in [7, 11) is 0. The molecule has 0 radical (unpaired) electrons. The van der Waals surface area contributed by atoms with E-state index in [0.29, 0.717) is 11.6 Å². The van der Waals surface area contributed by atoms with Gasteiger partial charge in [0.05, 0.1) is 18.2 Å². The molecular weight excluding hydrogens is 291 g/mol. The lowest BCUT2D eigenvalue weighted by molar-refractivity contribution is 0.146. The standard InChI is InChI=1S/C12H14BrClO2/c1-8-4-9(13)5-10(14)11(8)16-7-12(6-15)2-3-12/h4-5,15H,2-3,6-7H2,1H3. The number of benzene rings is 1. The Labute approximate surface area is 109 Å². The number of aliphatic hydroxyl groups is 1. The van der Waals surface area contributed by atoms with Crippen LogP contribution in [0.25, 0.3) is 0 Å². The molecule has 1 aromatic carbocycles. The fourth-order valence-electron chi connectivity index (χ4n) is 1.62. The highest BCUT2D eigenvalue weighted by Crippen LogP contribution is 2.46. The van der Waals surface area contributed by atoms with Crippen LogP contribution in [0.5, 0.6) is 5.75 Å². The van der Waals surface area contributed by atoms with Gasteiger partial charge >= 0.3 is 0 Å². The number of rotatable bonds is 4. The van der Waals surface area contributed by atoms with Crippen molar-refractivity contribution >= 4 is 27.5 Å². The second-order valence-electron chi connectivity index (χ2n) is 4.48. The maximum absolute atomic E-state index is 9.20. The Kier molecular flexibility index (Phi) is 3.48. The van der Waals surface area contributed by atoms with Gasteiger partial charge in [-0.1, -0.05) is 27.5 Å². The van der Waals surface area contributed by atoms with Crippen LogP contribution in [-0.2, 0) is 0 Å². The zero-order valence-electron chi connectivity index (χ0n) is 9.09. The quantitative estimate of drug-likeness (QED) is 0.921. The van der Waals surface area contributed by atoms with Gasteiger partial charge in [0, 0.05) is 9.89 Å². The van der Waals surface area contributed by atoms with E-state index in [1.54, 1.807) is 0 Å². The fraction of sp³-hybridized carbons (Fsp3) is 0.500. The third-order valence-corrected chi connectivity index (χ3v) is 3.75. The minimum atomic E-state index is -0.0111. The Hall–Kier alpha value is -0.250. The largest absolute Gasteiger partial charge is 0.491 e. The van der Waals surface area contributed by atoms with Crippen LogP contribution in [-0.4, -0.2) is 18.3 Å². The molecule has 1 aliphatic rings. The number of hydrogen-bond acceptors (Lipinski definition) is 2. The molecule has 88 valence electrons. The van der Waals surface area contributed by atoms with Gasteiger partial charge in [0.1, 0.15) is 5.75 Å². The first-order chi connectivity index (χ1) is 7.56. The van der Waals surface area contributed by atoms with E-state index in [1.165, 1.54) is 0 Å². The fourth-order valence-corrected chi connectivity index (χ4v) is 2.65. The molecule has 0 aliphatic heterocycles. The van der Waals surface area contributed by atoms with Gasteiger partial charge < -0.3 is 9.84 Å². The predicted octanol–water partition coefficient (Wildman–Crippen LogP) is 3.56. The average molecular weight is 306 g/mol.